The van der Waals surface area contributed by atoms with Crippen molar-refractivity contribution in [2.45, 2.75) is 11.9 Å². The first-order valence-electron chi connectivity index (χ1n) is 8.92. The number of hydrogen-bond acceptors (Lipinski definition) is 7. The second-order valence-corrected chi connectivity index (χ2v) is 7.41. The van der Waals surface area contributed by atoms with Crippen LogP contribution in [0.25, 0.3) is 10.9 Å². The zero-order chi connectivity index (χ0) is 20.4. The zero-order valence-corrected chi connectivity index (χ0v) is 17.1. The lowest BCUT2D eigenvalue weighted by Crippen LogP contribution is -2.14. The zero-order valence-electron chi connectivity index (χ0n) is 16.3. The molecule has 29 heavy (non-hydrogen) atoms. The molecule has 150 valence electrons. The Hall–Kier alpha value is -3.13. The van der Waals surface area contributed by atoms with Crippen molar-refractivity contribution in [3.8, 4) is 23.0 Å². The molecule has 3 aromatic rings. The van der Waals surface area contributed by atoms with Gasteiger partial charge < -0.3 is 24.3 Å². The highest BCUT2D eigenvalue weighted by molar-refractivity contribution is 8.00. The molecule has 0 radical (unpaired) electrons. The number of rotatable bonds is 6. The average molecular weight is 412 g/mol. The Labute approximate surface area is 172 Å². The van der Waals surface area contributed by atoms with E-state index < -0.39 is 0 Å². The topological polar surface area (TPSA) is 78.9 Å². The van der Waals surface area contributed by atoms with Crippen LogP contribution in [0.15, 0.2) is 41.4 Å². The van der Waals surface area contributed by atoms with E-state index in [2.05, 4.69) is 5.32 Å². The molecular weight excluding hydrogens is 392 g/mol. The fraction of sp³-hybridized carbons (Fsp3) is 0.238. The number of aryl methyl sites for hydroxylation is 1. The predicted molar refractivity (Wildman–Crippen MR) is 112 cm³/mol. The second-order valence-electron chi connectivity index (χ2n) is 6.45. The summed E-state index contributed by atoms with van der Waals surface area (Å²) in [5.74, 6) is 2.72. The van der Waals surface area contributed by atoms with Crippen LogP contribution >= 0.6 is 11.8 Å². The summed E-state index contributed by atoms with van der Waals surface area (Å²) < 4.78 is 21.3. The average Bonchev–Trinajstić information content (AvgIpc) is 3.17. The Morgan fingerprint density at radius 3 is 2.45 bits per heavy atom. The third-order valence-corrected chi connectivity index (χ3v) is 5.52. The Bertz CT molecular complexity index is 1060. The van der Waals surface area contributed by atoms with Gasteiger partial charge in [-0.15, -0.1) is 0 Å². The van der Waals surface area contributed by atoms with E-state index in [1.165, 1.54) is 11.8 Å². The van der Waals surface area contributed by atoms with Gasteiger partial charge in [-0.05, 0) is 24.6 Å². The summed E-state index contributed by atoms with van der Waals surface area (Å²) in [6.45, 7) is 2.20. The Kier molecular flexibility index (Phi) is 5.35. The highest BCUT2D eigenvalue weighted by Crippen LogP contribution is 2.37. The van der Waals surface area contributed by atoms with Crippen LogP contribution in [0.2, 0.25) is 0 Å². The minimum Gasteiger partial charge on any atom is -0.497 e. The van der Waals surface area contributed by atoms with Gasteiger partial charge in [-0.3, -0.25) is 4.79 Å². The number of fused-ring (bicyclic) bond motifs is 2. The first-order valence-corrected chi connectivity index (χ1v) is 9.91. The largest absolute Gasteiger partial charge is 0.497 e. The highest BCUT2D eigenvalue weighted by Gasteiger charge is 2.16. The molecule has 1 aliphatic heterocycles. The van der Waals surface area contributed by atoms with Crippen molar-refractivity contribution in [1.29, 1.82) is 0 Å². The van der Waals surface area contributed by atoms with E-state index in [1.54, 1.807) is 32.4 Å². The fourth-order valence-corrected chi connectivity index (χ4v) is 3.80. The number of carbonyl (C=O) groups is 1. The maximum Gasteiger partial charge on any atom is 0.234 e. The maximum absolute atomic E-state index is 12.4. The molecule has 2 heterocycles. The lowest BCUT2D eigenvalue weighted by atomic mass is 10.1. The number of anilines is 1. The molecule has 1 amide bonds. The molecule has 1 aliphatic rings. The van der Waals surface area contributed by atoms with Crippen molar-refractivity contribution in [2.75, 3.05) is 32.1 Å². The maximum atomic E-state index is 12.4. The number of nitrogens with one attached hydrogen (secondary N) is 1. The lowest BCUT2D eigenvalue weighted by Gasteiger charge is -2.10. The number of carbonyl (C=O) groups excluding carboxylic acids is 1. The van der Waals surface area contributed by atoms with Crippen LogP contribution in [0.5, 0.6) is 23.0 Å². The van der Waals surface area contributed by atoms with Crippen molar-refractivity contribution in [1.82, 2.24) is 4.98 Å². The lowest BCUT2D eigenvalue weighted by molar-refractivity contribution is -0.113. The number of nitrogens with zero attached hydrogens (tertiary/aromatic N) is 1. The molecule has 8 heteroatoms. The molecule has 0 bridgehead atoms. The summed E-state index contributed by atoms with van der Waals surface area (Å²) in [4.78, 5) is 17.1. The number of methoxy groups -OCH3 is 2. The first-order chi connectivity index (χ1) is 14.1. The summed E-state index contributed by atoms with van der Waals surface area (Å²) >= 11 is 1.38. The van der Waals surface area contributed by atoms with Gasteiger partial charge >= 0.3 is 0 Å². The Morgan fingerprint density at radius 2 is 1.76 bits per heavy atom. The summed E-state index contributed by atoms with van der Waals surface area (Å²) in [6.07, 6.45) is 0. The second kappa shape index (κ2) is 8.08. The molecule has 4 rings (SSSR count). The van der Waals surface area contributed by atoms with Gasteiger partial charge in [0.25, 0.3) is 0 Å². The summed E-state index contributed by atoms with van der Waals surface area (Å²) in [6, 6.07) is 11.1. The van der Waals surface area contributed by atoms with Crippen LogP contribution in [-0.2, 0) is 4.79 Å². The number of amides is 1. The van der Waals surface area contributed by atoms with E-state index in [4.69, 9.17) is 23.9 Å². The van der Waals surface area contributed by atoms with Gasteiger partial charge in [-0.1, -0.05) is 11.8 Å². The molecular formula is C21H20N2O5S. The first kappa shape index (κ1) is 19.2. The highest BCUT2D eigenvalue weighted by atomic mass is 32.2. The number of benzene rings is 2. The van der Waals surface area contributed by atoms with Crippen LogP contribution < -0.4 is 24.3 Å². The molecule has 0 fully saturated rings. The molecule has 0 spiro atoms. The van der Waals surface area contributed by atoms with E-state index in [-0.39, 0.29) is 18.5 Å². The van der Waals surface area contributed by atoms with Gasteiger partial charge in [0.2, 0.25) is 12.7 Å². The molecule has 0 aliphatic carbocycles. The summed E-state index contributed by atoms with van der Waals surface area (Å²) in [5, 5.41) is 4.64. The smallest absolute Gasteiger partial charge is 0.234 e. The van der Waals surface area contributed by atoms with Crippen molar-refractivity contribution < 1.29 is 23.7 Å². The van der Waals surface area contributed by atoms with Crippen molar-refractivity contribution in [3.63, 3.8) is 0 Å². The van der Waals surface area contributed by atoms with Crippen molar-refractivity contribution in [2.24, 2.45) is 0 Å². The standard InChI is InChI=1S/C21H20N2O5S/c1-12-4-13-5-18-19(28-11-27-18)9-17(13)23-21(12)29-10-20(24)22-14-6-15(25-2)8-16(7-14)26-3/h4-9H,10-11H2,1-3H3,(H,22,24). The molecule has 0 saturated carbocycles. The van der Waals surface area contributed by atoms with Crippen molar-refractivity contribution in [3.05, 3.63) is 42.0 Å². The summed E-state index contributed by atoms with van der Waals surface area (Å²) in [7, 11) is 3.13. The third kappa shape index (κ3) is 4.17. The van der Waals surface area contributed by atoms with E-state index >= 15 is 0 Å². The van der Waals surface area contributed by atoms with Gasteiger partial charge in [0.05, 0.1) is 25.5 Å². The van der Waals surface area contributed by atoms with E-state index in [9.17, 15) is 4.79 Å². The molecule has 0 saturated heterocycles. The van der Waals surface area contributed by atoms with E-state index in [1.807, 2.05) is 25.1 Å². The molecule has 7 nitrogen and oxygen atoms in total. The molecule has 0 unspecified atom stereocenters. The Balaban J connectivity index is 1.47. The van der Waals surface area contributed by atoms with Gasteiger partial charge in [0.1, 0.15) is 16.5 Å². The minimum absolute atomic E-state index is 0.141. The number of aromatic nitrogens is 1. The van der Waals surface area contributed by atoms with Crippen LogP contribution in [0.4, 0.5) is 5.69 Å². The van der Waals surface area contributed by atoms with E-state index in [0.29, 0.717) is 22.9 Å². The molecule has 1 aromatic heterocycles. The van der Waals surface area contributed by atoms with Crippen LogP contribution in [0.1, 0.15) is 5.56 Å². The third-order valence-electron chi connectivity index (χ3n) is 4.43. The monoisotopic (exact) mass is 412 g/mol. The van der Waals surface area contributed by atoms with Gasteiger partial charge in [0.15, 0.2) is 11.5 Å². The molecule has 1 N–H and O–H groups in total. The van der Waals surface area contributed by atoms with Gasteiger partial charge in [-0.2, -0.15) is 0 Å². The fourth-order valence-electron chi connectivity index (χ4n) is 3.01. The predicted octanol–water partition coefficient (Wildman–Crippen LogP) is 4.02. The van der Waals surface area contributed by atoms with Crippen LogP contribution in [0.3, 0.4) is 0 Å². The van der Waals surface area contributed by atoms with E-state index in [0.717, 1.165) is 27.2 Å². The van der Waals surface area contributed by atoms with Crippen molar-refractivity contribution >= 4 is 34.3 Å². The van der Waals surface area contributed by atoms with Crippen LogP contribution in [-0.4, -0.2) is 37.7 Å². The number of pyridine rings is 1. The minimum atomic E-state index is -0.141. The van der Waals surface area contributed by atoms with Crippen LogP contribution in [0, 0.1) is 6.92 Å². The number of hydrogen-bond donors (Lipinski definition) is 1. The quantitative estimate of drug-likeness (QED) is 0.613. The summed E-state index contributed by atoms with van der Waals surface area (Å²) in [5.41, 5.74) is 2.42. The SMILES string of the molecule is COc1cc(NC(=O)CSc2nc3cc4c(cc3cc2C)OCO4)cc(OC)c1. The normalized spacial score (nSPS) is 12.1. The number of thioether (sulfide) groups is 1. The van der Waals surface area contributed by atoms with Gasteiger partial charge in [0, 0.05) is 35.3 Å². The molecule has 2 aromatic carbocycles. The number of ether oxygens (including phenoxy) is 4. The molecule has 0 atom stereocenters. The van der Waals surface area contributed by atoms with Gasteiger partial charge in [-0.25, -0.2) is 4.98 Å². The Morgan fingerprint density at radius 1 is 1.07 bits per heavy atom.